The molecule has 0 heterocycles. The van der Waals surface area contributed by atoms with Crippen LogP contribution in [-0.4, -0.2) is 30.5 Å². The van der Waals surface area contributed by atoms with Gasteiger partial charge in [-0.05, 0) is 24.0 Å². The Morgan fingerprint density at radius 1 is 0.897 bits per heavy atom. The number of alkyl carbamates (subject to hydrolysis) is 1. The van der Waals surface area contributed by atoms with Crippen LogP contribution >= 0.6 is 0 Å². The standard InChI is InChI=1S/C22H27N3O4/c1-17(26)25-20(21(27)24-15-18-9-4-2-5-10-18)13-8-14-23-22(28)29-16-19-11-6-3-7-12-19/h2-7,9-12,20H,8,13-16H2,1H3,(H,23,28)(H,24,27)(H,25,26)/t20-/m0/s1. The van der Waals surface area contributed by atoms with E-state index < -0.39 is 12.1 Å². The summed E-state index contributed by atoms with van der Waals surface area (Å²) in [6, 6.07) is 18.3. The van der Waals surface area contributed by atoms with Crippen LogP contribution in [0.2, 0.25) is 0 Å². The first-order chi connectivity index (χ1) is 14.0. The minimum absolute atomic E-state index is 0.198. The van der Waals surface area contributed by atoms with E-state index in [4.69, 9.17) is 4.74 Å². The minimum Gasteiger partial charge on any atom is -0.445 e. The maximum atomic E-state index is 12.4. The summed E-state index contributed by atoms with van der Waals surface area (Å²) < 4.78 is 5.14. The summed E-state index contributed by atoms with van der Waals surface area (Å²) in [4.78, 5) is 35.6. The number of hydrogen-bond acceptors (Lipinski definition) is 4. The third-order valence-electron chi connectivity index (χ3n) is 4.16. The van der Waals surface area contributed by atoms with E-state index in [-0.39, 0.29) is 18.4 Å². The summed E-state index contributed by atoms with van der Waals surface area (Å²) in [6.45, 7) is 2.30. The molecule has 0 aromatic heterocycles. The molecule has 0 aliphatic rings. The van der Waals surface area contributed by atoms with Gasteiger partial charge in [0.1, 0.15) is 12.6 Å². The molecule has 0 bridgehead atoms. The van der Waals surface area contributed by atoms with E-state index in [2.05, 4.69) is 16.0 Å². The highest BCUT2D eigenvalue weighted by molar-refractivity contribution is 5.86. The molecule has 1 atom stereocenters. The fraction of sp³-hybridized carbons (Fsp3) is 0.318. The maximum Gasteiger partial charge on any atom is 0.407 e. The van der Waals surface area contributed by atoms with Crippen molar-refractivity contribution in [1.82, 2.24) is 16.0 Å². The first kappa shape index (κ1) is 21.9. The number of carbonyl (C=O) groups excluding carboxylic acids is 3. The van der Waals surface area contributed by atoms with Crippen molar-refractivity contribution in [1.29, 1.82) is 0 Å². The van der Waals surface area contributed by atoms with Gasteiger partial charge in [-0.3, -0.25) is 9.59 Å². The lowest BCUT2D eigenvalue weighted by molar-refractivity contribution is -0.128. The van der Waals surface area contributed by atoms with E-state index >= 15 is 0 Å². The van der Waals surface area contributed by atoms with Gasteiger partial charge in [-0.2, -0.15) is 0 Å². The van der Waals surface area contributed by atoms with Crippen molar-refractivity contribution < 1.29 is 19.1 Å². The third-order valence-corrected chi connectivity index (χ3v) is 4.16. The topological polar surface area (TPSA) is 96.5 Å². The number of ether oxygens (including phenoxy) is 1. The average molecular weight is 397 g/mol. The zero-order chi connectivity index (χ0) is 20.9. The Balaban J connectivity index is 1.69. The lowest BCUT2D eigenvalue weighted by Crippen LogP contribution is -2.46. The molecule has 29 heavy (non-hydrogen) atoms. The molecule has 3 amide bonds. The Hall–Kier alpha value is -3.35. The van der Waals surface area contributed by atoms with Crippen LogP contribution in [0.25, 0.3) is 0 Å². The van der Waals surface area contributed by atoms with Crippen molar-refractivity contribution in [2.45, 2.75) is 39.0 Å². The zero-order valence-corrected chi connectivity index (χ0v) is 16.5. The van der Waals surface area contributed by atoms with Crippen molar-refractivity contribution in [2.75, 3.05) is 6.54 Å². The average Bonchev–Trinajstić information content (AvgIpc) is 2.74. The minimum atomic E-state index is -0.654. The molecule has 154 valence electrons. The third kappa shape index (κ3) is 8.92. The number of rotatable bonds is 10. The summed E-state index contributed by atoms with van der Waals surface area (Å²) in [5, 5.41) is 8.14. The lowest BCUT2D eigenvalue weighted by Gasteiger charge is -2.18. The first-order valence-corrected chi connectivity index (χ1v) is 9.58. The van der Waals surface area contributed by atoms with Crippen molar-refractivity contribution in [3.63, 3.8) is 0 Å². The van der Waals surface area contributed by atoms with E-state index in [1.807, 2.05) is 60.7 Å². The molecule has 3 N–H and O–H groups in total. The van der Waals surface area contributed by atoms with Crippen LogP contribution in [0.3, 0.4) is 0 Å². The van der Waals surface area contributed by atoms with Crippen molar-refractivity contribution in [3.05, 3.63) is 71.8 Å². The molecule has 0 fully saturated rings. The van der Waals surface area contributed by atoms with E-state index in [0.717, 1.165) is 11.1 Å². The highest BCUT2D eigenvalue weighted by atomic mass is 16.5. The van der Waals surface area contributed by atoms with Crippen LogP contribution in [0.5, 0.6) is 0 Å². The van der Waals surface area contributed by atoms with Gasteiger partial charge < -0.3 is 20.7 Å². The van der Waals surface area contributed by atoms with Gasteiger partial charge in [0.15, 0.2) is 0 Å². The highest BCUT2D eigenvalue weighted by Crippen LogP contribution is 2.02. The highest BCUT2D eigenvalue weighted by Gasteiger charge is 2.18. The van der Waals surface area contributed by atoms with Gasteiger partial charge >= 0.3 is 6.09 Å². The van der Waals surface area contributed by atoms with E-state index in [1.54, 1.807) is 0 Å². The quantitative estimate of drug-likeness (QED) is 0.537. The molecule has 0 saturated heterocycles. The van der Waals surface area contributed by atoms with Crippen LogP contribution in [0.15, 0.2) is 60.7 Å². The van der Waals surface area contributed by atoms with Gasteiger partial charge in [0, 0.05) is 20.0 Å². The SMILES string of the molecule is CC(=O)N[C@@H](CCCNC(=O)OCc1ccccc1)C(=O)NCc1ccccc1. The van der Waals surface area contributed by atoms with Gasteiger partial charge in [0.05, 0.1) is 0 Å². The number of nitrogens with one attached hydrogen (secondary N) is 3. The van der Waals surface area contributed by atoms with Crippen LogP contribution in [-0.2, 0) is 27.5 Å². The molecule has 2 aromatic rings. The molecule has 2 aromatic carbocycles. The monoisotopic (exact) mass is 397 g/mol. The van der Waals surface area contributed by atoms with Crippen LogP contribution in [0.4, 0.5) is 4.79 Å². The molecular formula is C22H27N3O4. The summed E-state index contributed by atoms with van der Waals surface area (Å²) in [5.74, 6) is -0.532. The van der Waals surface area contributed by atoms with Crippen molar-refractivity contribution in [3.8, 4) is 0 Å². The summed E-state index contributed by atoms with van der Waals surface area (Å²) in [7, 11) is 0. The van der Waals surface area contributed by atoms with Crippen LogP contribution in [0, 0.1) is 0 Å². The van der Waals surface area contributed by atoms with Gasteiger partial charge in [-0.25, -0.2) is 4.79 Å². The predicted octanol–water partition coefficient (Wildman–Crippen LogP) is 2.51. The molecule has 0 spiro atoms. The smallest absolute Gasteiger partial charge is 0.407 e. The fourth-order valence-electron chi connectivity index (χ4n) is 2.69. The van der Waals surface area contributed by atoms with Crippen LogP contribution in [0.1, 0.15) is 30.9 Å². The molecule has 0 unspecified atom stereocenters. The van der Waals surface area contributed by atoms with Gasteiger partial charge in [-0.1, -0.05) is 60.7 Å². The van der Waals surface area contributed by atoms with Gasteiger partial charge in [-0.15, -0.1) is 0 Å². The first-order valence-electron chi connectivity index (χ1n) is 9.58. The molecule has 0 saturated carbocycles. The predicted molar refractivity (Wildman–Crippen MR) is 110 cm³/mol. The summed E-state index contributed by atoms with van der Waals surface area (Å²) in [5.41, 5.74) is 1.88. The molecule has 0 aliphatic carbocycles. The Bertz CT molecular complexity index is 781. The Morgan fingerprint density at radius 3 is 2.14 bits per heavy atom. The molecule has 0 radical (unpaired) electrons. The Labute approximate surface area is 170 Å². The van der Waals surface area contributed by atoms with E-state index in [0.29, 0.717) is 25.9 Å². The molecule has 7 nitrogen and oxygen atoms in total. The van der Waals surface area contributed by atoms with Crippen molar-refractivity contribution >= 4 is 17.9 Å². The second-order valence-corrected chi connectivity index (χ2v) is 6.59. The number of carbonyl (C=O) groups is 3. The number of amides is 3. The Morgan fingerprint density at radius 2 is 1.52 bits per heavy atom. The summed E-state index contributed by atoms with van der Waals surface area (Å²) in [6.07, 6.45) is 0.405. The normalized spacial score (nSPS) is 11.2. The number of benzene rings is 2. The van der Waals surface area contributed by atoms with Gasteiger partial charge in [0.2, 0.25) is 11.8 Å². The molecule has 0 aliphatic heterocycles. The second kappa shape index (κ2) is 12.2. The van der Waals surface area contributed by atoms with Gasteiger partial charge in [0.25, 0.3) is 0 Å². The largest absolute Gasteiger partial charge is 0.445 e. The molecule has 7 heteroatoms. The molecular weight excluding hydrogens is 370 g/mol. The second-order valence-electron chi connectivity index (χ2n) is 6.59. The zero-order valence-electron chi connectivity index (χ0n) is 16.5. The lowest BCUT2D eigenvalue weighted by atomic mass is 10.1. The van der Waals surface area contributed by atoms with Crippen molar-refractivity contribution in [2.24, 2.45) is 0 Å². The van der Waals surface area contributed by atoms with E-state index in [1.165, 1.54) is 6.92 Å². The number of hydrogen-bond donors (Lipinski definition) is 3. The Kier molecular flexibility index (Phi) is 9.21. The van der Waals surface area contributed by atoms with E-state index in [9.17, 15) is 14.4 Å². The van der Waals surface area contributed by atoms with Crippen LogP contribution < -0.4 is 16.0 Å². The molecule has 2 rings (SSSR count). The maximum absolute atomic E-state index is 12.4. The fourth-order valence-corrected chi connectivity index (χ4v) is 2.69. The summed E-state index contributed by atoms with van der Waals surface area (Å²) >= 11 is 0.